The van der Waals surface area contributed by atoms with E-state index in [1.54, 1.807) is 6.07 Å². The zero-order valence-electron chi connectivity index (χ0n) is 11.9. The van der Waals surface area contributed by atoms with Gasteiger partial charge in [-0.15, -0.1) is 0 Å². The number of aliphatic hydroxyl groups is 4. The Morgan fingerprint density at radius 1 is 0.864 bits per heavy atom. The van der Waals surface area contributed by atoms with Crippen LogP contribution in [0.5, 0.6) is 0 Å². The van der Waals surface area contributed by atoms with Crippen LogP contribution in [0.4, 0.5) is 0 Å². The van der Waals surface area contributed by atoms with Gasteiger partial charge in [0.15, 0.2) is 12.6 Å². The van der Waals surface area contributed by atoms with Gasteiger partial charge in [0.05, 0.1) is 0 Å². The van der Waals surface area contributed by atoms with Crippen LogP contribution in [0.25, 0.3) is 0 Å². The first-order valence-corrected chi connectivity index (χ1v) is 6.79. The van der Waals surface area contributed by atoms with E-state index in [1.165, 1.54) is 18.2 Å². The Balaban J connectivity index is 2.57. The minimum Gasteiger partial charge on any atom is -0.368 e. The van der Waals surface area contributed by atoms with Crippen LogP contribution in [0, 0.1) is 0 Å². The predicted molar refractivity (Wildman–Crippen MR) is 76.8 cm³/mol. The Hall–Kier alpha value is -2.00. The molecule has 0 saturated carbocycles. The fraction of sp³-hybridized carbons (Fsp3) is 0.429. The number of aliphatic hydroxyl groups excluding tert-OH is 2. The highest BCUT2D eigenvalue weighted by atomic mass is 16.5. The summed E-state index contributed by atoms with van der Waals surface area (Å²) < 4.78 is 0. The third-order valence-electron chi connectivity index (χ3n) is 2.76. The smallest absolute Gasteiger partial charge is 0.251 e. The van der Waals surface area contributed by atoms with E-state index in [1.807, 2.05) is 0 Å². The van der Waals surface area contributed by atoms with E-state index in [2.05, 4.69) is 10.6 Å². The molecule has 0 spiro atoms. The van der Waals surface area contributed by atoms with Crippen LogP contribution in [0.2, 0.25) is 0 Å². The number of hydrogen-bond donors (Lipinski definition) is 6. The molecule has 0 aliphatic rings. The molecule has 0 unspecified atom stereocenters. The lowest BCUT2D eigenvalue weighted by molar-refractivity contribution is -0.0447. The van der Waals surface area contributed by atoms with Gasteiger partial charge in [-0.3, -0.25) is 9.59 Å². The monoisotopic (exact) mass is 312 g/mol. The number of nitrogens with one attached hydrogen (secondary N) is 2. The summed E-state index contributed by atoms with van der Waals surface area (Å²) in [6.07, 6.45) is -2.95. The van der Waals surface area contributed by atoms with Crippen LogP contribution in [0.1, 0.15) is 33.6 Å². The number of carbonyl (C=O) groups is 2. The molecule has 1 aromatic rings. The van der Waals surface area contributed by atoms with Crippen molar-refractivity contribution < 1.29 is 30.0 Å². The Bertz CT molecular complexity index is 463. The van der Waals surface area contributed by atoms with Crippen LogP contribution in [0.15, 0.2) is 24.3 Å². The van der Waals surface area contributed by atoms with Crippen LogP contribution in [-0.2, 0) is 0 Å². The standard InChI is InChI=1S/C14H20N2O6/c17-11(18)4-6-15-13(21)9-2-1-3-10(8-9)14(22)16-7-5-12(19)20/h1-3,8,11-12,17-20H,4-7H2,(H,15,21)(H,16,22). The number of amides is 2. The number of hydrogen-bond acceptors (Lipinski definition) is 6. The van der Waals surface area contributed by atoms with Gasteiger partial charge in [-0.2, -0.15) is 0 Å². The fourth-order valence-corrected chi connectivity index (χ4v) is 1.64. The average Bonchev–Trinajstić information content (AvgIpc) is 2.46. The van der Waals surface area contributed by atoms with E-state index >= 15 is 0 Å². The third-order valence-corrected chi connectivity index (χ3v) is 2.76. The van der Waals surface area contributed by atoms with Crippen molar-refractivity contribution in [2.45, 2.75) is 25.4 Å². The first-order chi connectivity index (χ1) is 10.4. The molecule has 0 bridgehead atoms. The largest absolute Gasteiger partial charge is 0.368 e. The summed E-state index contributed by atoms with van der Waals surface area (Å²) in [5.74, 6) is -0.859. The van der Waals surface area contributed by atoms with Crippen LogP contribution < -0.4 is 10.6 Å². The molecule has 1 aromatic carbocycles. The number of carbonyl (C=O) groups excluding carboxylic acids is 2. The van der Waals surface area contributed by atoms with Crippen molar-refractivity contribution >= 4 is 11.8 Å². The highest BCUT2D eigenvalue weighted by Gasteiger charge is 2.11. The zero-order valence-corrected chi connectivity index (χ0v) is 11.9. The molecule has 8 nitrogen and oxygen atoms in total. The summed E-state index contributed by atoms with van der Waals surface area (Å²) in [5, 5.41) is 39.8. The van der Waals surface area contributed by atoms with Gasteiger partial charge in [0.25, 0.3) is 11.8 Å². The molecule has 8 heteroatoms. The van der Waals surface area contributed by atoms with Crippen LogP contribution in [-0.4, -0.2) is 57.9 Å². The highest BCUT2D eigenvalue weighted by molar-refractivity contribution is 5.99. The summed E-state index contributed by atoms with van der Waals surface area (Å²) in [6.45, 7) is 0.197. The lowest BCUT2D eigenvalue weighted by Gasteiger charge is -2.09. The highest BCUT2D eigenvalue weighted by Crippen LogP contribution is 2.05. The maximum Gasteiger partial charge on any atom is 0.251 e. The van der Waals surface area contributed by atoms with Gasteiger partial charge in [-0.1, -0.05) is 6.07 Å². The Morgan fingerprint density at radius 2 is 1.27 bits per heavy atom. The minimum atomic E-state index is -1.49. The van der Waals surface area contributed by atoms with Crippen LogP contribution >= 0.6 is 0 Å². The minimum absolute atomic E-state index is 0.00933. The van der Waals surface area contributed by atoms with E-state index in [0.717, 1.165) is 0 Å². The van der Waals surface area contributed by atoms with Gasteiger partial charge in [0.1, 0.15) is 0 Å². The summed E-state index contributed by atoms with van der Waals surface area (Å²) in [4.78, 5) is 23.7. The Morgan fingerprint density at radius 3 is 1.64 bits per heavy atom. The molecule has 122 valence electrons. The molecule has 0 fully saturated rings. The van der Waals surface area contributed by atoms with Gasteiger partial charge < -0.3 is 31.1 Å². The molecular formula is C14H20N2O6. The van der Waals surface area contributed by atoms with Gasteiger partial charge in [0.2, 0.25) is 0 Å². The van der Waals surface area contributed by atoms with Crippen molar-refractivity contribution in [1.29, 1.82) is 0 Å². The summed E-state index contributed by atoms with van der Waals surface area (Å²) in [7, 11) is 0. The van der Waals surface area contributed by atoms with Crippen molar-refractivity contribution in [2.75, 3.05) is 13.1 Å². The van der Waals surface area contributed by atoms with E-state index in [-0.39, 0.29) is 37.1 Å². The van der Waals surface area contributed by atoms with E-state index in [9.17, 15) is 9.59 Å². The molecule has 0 heterocycles. The predicted octanol–water partition coefficient (Wildman–Crippen LogP) is -1.45. The second kappa shape index (κ2) is 9.11. The van der Waals surface area contributed by atoms with Gasteiger partial charge in [-0.25, -0.2) is 0 Å². The molecular weight excluding hydrogens is 292 g/mol. The van der Waals surface area contributed by atoms with Crippen molar-refractivity contribution in [1.82, 2.24) is 10.6 Å². The molecule has 0 radical (unpaired) electrons. The topological polar surface area (TPSA) is 139 Å². The first-order valence-electron chi connectivity index (χ1n) is 6.79. The fourth-order valence-electron chi connectivity index (χ4n) is 1.64. The lowest BCUT2D eigenvalue weighted by atomic mass is 10.1. The Labute approximate surface area is 127 Å². The Kier molecular flexibility index (Phi) is 7.47. The first kappa shape index (κ1) is 18.1. The third kappa shape index (κ3) is 6.64. The second-order valence-electron chi connectivity index (χ2n) is 4.63. The maximum absolute atomic E-state index is 11.8. The molecule has 6 N–H and O–H groups in total. The van der Waals surface area contributed by atoms with Gasteiger partial charge >= 0.3 is 0 Å². The van der Waals surface area contributed by atoms with Crippen molar-refractivity contribution in [2.24, 2.45) is 0 Å². The van der Waals surface area contributed by atoms with Crippen molar-refractivity contribution in [3.63, 3.8) is 0 Å². The molecule has 0 saturated heterocycles. The van der Waals surface area contributed by atoms with Gasteiger partial charge in [-0.05, 0) is 18.2 Å². The van der Waals surface area contributed by atoms with Crippen molar-refractivity contribution in [3.05, 3.63) is 35.4 Å². The van der Waals surface area contributed by atoms with Crippen molar-refractivity contribution in [3.8, 4) is 0 Å². The molecule has 0 aliphatic carbocycles. The molecule has 1 rings (SSSR count). The second-order valence-corrected chi connectivity index (χ2v) is 4.63. The molecule has 2 amide bonds. The summed E-state index contributed by atoms with van der Waals surface area (Å²) in [5.41, 5.74) is 0.532. The van der Waals surface area contributed by atoms with Gasteiger partial charge in [0, 0.05) is 37.1 Å². The average molecular weight is 312 g/mol. The van der Waals surface area contributed by atoms with E-state index in [4.69, 9.17) is 20.4 Å². The van der Waals surface area contributed by atoms with Crippen LogP contribution in [0.3, 0.4) is 0 Å². The molecule has 0 aromatic heterocycles. The SMILES string of the molecule is O=C(NCCC(O)O)c1cccc(C(=O)NCCC(O)O)c1. The normalized spacial score (nSPS) is 10.8. The quantitative estimate of drug-likeness (QED) is 0.325. The number of rotatable bonds is 8. The maximum atomic E-state index is 11.8. The summed E-state index contributed by atoms with van der Waals surface area (Å²) in [6, 6.07) is 6.00. The molecule has 0 atom stereocenters. The lowest BCUT2D eigenvalue weighted by Crippen LogP contribution is -2.29. The molecule has 0 aliphatic heterocycles. The zero-order chi connectivity index (χ0) is 16.5. The molecule has 22 heavy (non-hydrogen) atoms. The van der Waals surface area contributed by atoms with E-state index in [0.29, 0.717) is 0 Å². The van der Waals surface area contributed by atoms with E-state index < -0.39 is 24.4 Å². The number of benzene rings is 1. The summed E-state index contributed by atoms with van der Waals surface area (Å²) >= 11 is 0.